The highest BCUT2D eigenvalue weighted by atomic mass is 32.1. The molecule has 1 aromatic heterocycles. The van der Waals surface area contributed by atoms with Gasteiger partial charge in [0.15, 0.2) is 0 Å². The number of thiazole rings is 1. The van der Waals surface area contributed by atoms with Gasteiger partial charge in [0.05, 0.1) is 10.7 Å². The van der Waals surface area contributed by atoms with Crippen molar-refractivity contribution in [3.63, 3.8) is 0 Å². The maximum absolute atomic E-state index is 14.1. The standard InChI is InChI=1S/C18H23FNPS/c1-4-7-9-14(6-3)11-18-20-17(13-22-18)15(12-21)16(19)10-8-5-2/h5-10,12-13H,4,11,21H2,1-3H3/b8-5-,9-7-,14-6+,15-12-,16-10+. The molecule has 0 bridgehead atoms. The third kappa shape index (κ3) is 5.82. The molecule has 118 valence electrons. The summed E-state index contributed by atoms with van der Waals surface area (Å²) in [6.45, 7) is 6.00. The SMILES string of the molecule is C\C=C/C=C(F)\C(=C\P)c1csc(CC(/C=C\CC)=C/C)n1. The van der Waals surface area contributed by atoms with Crippen molar-refractivity contribution in [3.05, 3.63) is 69.8 Å². The van der Waals surface area contributed by atoms with E-state index in [0.717, 1.165) is 17.8 Å². The Labute approximate surface area is 139 Å². The van der Waals surface area contributed by atoms with Gasteiger partial charge in [-0.1, -0.05) is 43.1 Å². The van der Waals surface area contributed by atoms with Crippen molar-refractivity contribution >= 4 is 26.1 Å². The number of hydrogen-bond donors (Lipinski definition) is 0. The molecule has 0 aliphatic rings. The minimum atomic E-state index is -0.276. The number of rotatable bonds is 7. The van der Waals surface area contributed by atoms with Crippen LogP contribution in [0.25, 0.3) is 5.57 Å². The van der Waals surface area contributed by atoms with Crippen molar-refractivity contribution < 1.29 is 4.39 Å². The molecule has 0 fully saturated rings. The van der Waals surface area contributed by atoms with E-state index in [1.54, 1.807) is 29.3 Å². The first-order chi connectivity index (χ1) is 10.7. The van der Waals surface area contributed by atoms with Gasteiger partial charge in [0.1, 0.15) is 5.83 Å². The second kappa shape index (κ2) is 10.4. The smallest absolute Gasteiger partial charge is 0.132 e. The zero-order valence-electron chi connectivity index (χ0n) is 13.3. The maximum Gasteiger partial charge on any atom is 0.132 e. The van der Waals surface area contributed by atoms with E-state index < -0.39 is 0 Å². The van der Waals surface area contributed by atoms with Gasteiger partial charge in [-0.15, -0.1) is 20.6 Å². The highest BCUT2D eigenvalue weighted by molar-refractivity contribution is 7.21. The van der Waals surface area contributed by atoms with Gasteiger partial charge in [-0.3, -0.25) is 0 Å². The lowest BCUT2D eigenvalue weighted by Gasteiger charge is -2.00. The van der Waals surface area contributed by atoms with Crippen LogP contribution >= 0.6 is 20.6 Å². The summed E-state index contributed by atoms with van der Waals surface area (Å²) >= 11 is 1.56. The van der Waals surface area contributed by atoms with Gasteiger partial charge in [0.2, 0.25) is 0 Å². The number of halogens is 1. The van der Waals surface area contributed by atoms with Gasteiger partial charge in [0.25, 0.3) is 0 Å². The molecular weight excluding hydrogens is 312 g/mol. The van der Waals surface area contributed by atoms with E-state index in [0.29, 0.717) is 11.3 Å². The molecule has 1 unspecified atom stereocenters. The van der Waals surface area contributed by atoms with Crippen molar-refractivity contribution in [2.24, 2.45) is 0 Å². The molecule has 0 saturated heterocycles. The Hall–Kier alpha value is -1.31. The molecule has 1 aromatic rings. The van der Waals surface area contributed by atoms with E-state index in [-0.39, 0.29) is 5.83 Å². The largest absolute Gasteiger partial charge is 0.241 e. The fourth-order valence-electron chi connectivity index (χ4n) is 1.77. The number of aromatic nitrogens is 1. The Bertz CT molecular complexity index is 621. The van der Waals surface area contributed by atoms with Crippen LogP contribution in [-0.4, -0.2) is 4.98 Å². The molecule has 0 aliphatic carbocycles. The van der Waals surface area contributed by atoms with E-state index in [9.17, 15) is 4.39 Å². The normalized spacial score (nSPS) is 14.5. The van der Waals surface area contributed by atoms with Gasteiger partial charge in [-0.2, -0.15) is 0 Å². The monoisotopic (exact) mass is 335 g/mol. The van der Waals surface area contributed by atoms with Crippen molar-refractivity contribution in [2.45, 2.75) is 33.6 Å². The molecule has 0 amide bonds. The van der Waals surface area contributed by atoms with Crippen LogP contribution in [-0.2, 0) is 6.42 Å². The molecule has 0 aromatic carbocycles. The van der Waals surface area contributed by atoms with E-state index in [2.05, 4.69) is 39.4 Å². The third-order valence-electron chi connectivity index (χ3n) is 2.98. The minimum Gasteiger partial charge on any atom is -0.241 e. The summed E-state index contributed by atoms with van der Waals surface area (Å²) in [5.41, 5.74) is 2.42. The van der Waals surface area contributed by atoms with Crippen LogP contribution < -0.4 is 0 Å². The van der Waals surface area contributed by atoms with Crippen molar-refractivity contribution in [1.82, 2.24) is 4.98 Å². The van der Waals surface area contributed by atoms with Crippen LogP contribution in [0.4, 0.5) is 4.39 Å². The van der Waals surface area contributed by atoms with Crippen LogP contribution in [0.2, 0.25) is 0 Å². The van der Waals surface area contributed by atoms with Crippen LogP contribution in [0.3, 0.4) is 0 Å². The van der Waals surface area contributed by atoms with Crippen molar-refractivity contribution in [3.8, 4) is 0 Å². The molecule has 1 heterocycles. The Morgan fingerprint density at radius 1 is 1.41 bits per heavy atom. The molecule has 0 aliphatic heterocycles. The lowest BCUT2D eigenvalue weighted by Crippen LogP contribution is -1.90. The van der Waals surface area contributed by atoms with Crippen LogP contribution in [0.15, 0.2) is 59.1 Å². The second-order valence-corrected chi connectivity index (χ2v) is 5.87. The van der Waals surface area contributed by atoms with E-state index in [1.807, 2.05) is 19.2 Å². The maximum atomic E-state index is 14.1. The summed E-state index contributed by atoms with van der Waals surface area (Å²) in [7, 11) is 2.45. The van der Waals surface area contributed by atoms with Crippen LogP contribution in [0.1, 0.15) is 37.9 Å². The Balaban J connectivity index is 2.93. The van der Waals surface area contributed by atoms with Gasteiger partial charge < -0.3 is 0 Å². The fraction of sp³-hybridized carbons (Fsp3) is 0.278. The van der Waals surface area contributed by atoms with E-state index in [4.69, 9.17) is 0 Å². The lowest BCUT2D eigenvalue weighted by molar-refractivity contribution is 0.673. The summed E-state index contributed by atoms with van der Waals surface area (Å²) in [4.78, 5) is 4.56. The van der Waals surface area contributed by atoms with Crippen LogP contribution in [0, 0.1) is 0 Å². The summed E-state index contributed by atoms with van der Waals surface area (Å²) in [6.07, 6.45) is 13.1. The van der Waals surface area contributed by atoms with E-state index >= 15 is 0 Å². The summed E-state index contributed by atoms with van der Waals surface area (Å²) in [5, 5.41) is 2.90. The molecular formula is C18H23FNPS. The Kier molecular flexibility index (Phi) is 8.88. The Morgan fingerprint density at radius 2 is 2.18 bits per heavy atom. The molecule has 22 heavy (non-hydrogen) atoms. The highest BCUT2D eigenvalue weighted by Gasteiger charge is 2.11. The first-order valence-corrected chi connectivity index (χ1v) is 8.88. The zero-order valence-corrected chi connectivity index (χ0v) is 15.3. The van der Waals surface area contributed by atoms with Gasteiger partial charge in [0, 0.05) is 17.4 Å². The predicted octanol–water partition coefficient (Wildman–Crippen LogP) is 6.24. The average molecular weight is 335 g/mol. The molecule has 0 spiro atoms. The van der Waals surface area contributed by atoms with Crippen LogP contribution in [0.5, 0.6) is 0 Å². The number of allylic oxidation sites excluding steroid dienone is 9. The molecule has 0 radical (unpaired) electrons. The minimum absolute atomic E-state index is 0.276. The number of hydrogen-bond acceptors (Lipinski definition) is 2. The molecule has 1 atom stereocenters. The van der Waals surface area contributed by atoms with Gasteiger partial charge in [-0.25, -0.2) is 9.37 Å². The van der Waals surface area contributed by atoms with Crippen molar-refractivity contribution in [1.29, 1.82) is 0 Å². The fourth-order valence-corrected chi connectivity index (χ4v) is 2.93. The zero-order chi connectivity index (χ0) is 16.4. The lowest BCUT2D eigenvalue weighted by atomic mass is 10.1. The van der Waals surface area contributed by atoms with E-state index in [1.165, 1.54) is 11.6 Å². The molecule has 0 N–H and O–H groups in total. The first-order valence-electron chi connectivity index (χ1n) is 7.33. The van der Waals surface area contributed by atoms with Crippen molar-refractivity contribution in [2.75, 3.05) is 0 Å². The first kappa shape index (κ1) is 18.7. The molecule has 4 heteroatoms. The molecule has 0 saturated carbocycles. The topological polar surface area (TPSA) is 12.9 Å². The number of nitrogens with zero attached hydrogens (tertiary/aromatic N) is 1. The van der Waals surface area contributed by atoms with Gasteiger partial charge in [-0.05, 0) is 31.9 Å². The summed E-state index contributed by atoms with van der Waals surface area (Å²) in [5.74, 6) is 1.41. The van der Waals surface area contributed by atoms with Gasteiger partial charge >= 0.3 is 0 Å². The quantitative estimate of drug-likeness (QED) is 0.424. The highest BCUT2D eigenvalue weighted by Crippen LogP contribution is 2.28. The molecule has 1 nitrogen and oxygen atoms in total. The summed E-state index contributed by atoms with van der Waals surface area (Å²) in [6, 6.07) is 0. The Morgan fingerprint density at radius 3 is 2.77 bits per heavy atom. The molecule has 1 rings (SSSR count). The summed E-state index contributed by atoms with van der Waals surface area (Å²) < 4.78 is 14.1. The predicted molar refractivity (Wildman–Crippen MR) is 101 cm³/mol. The average Bonchev–Trinajstić information content (AvgIpc) is 2.98. The third-order valence-corrected chi connectivity index (χ3v) is 4.16. The second-order valence-electron chi connectivity index (χ2n) is 4.60.